The van der Waals surface area contributed by atoms with Gasteiger partial charge in [0.2, 0.25) is 0 Å². The summed E-state index contributed by atoms with van der Waals surface area (Å²) in [5.74, 6) is -0.530. The monoisotopic (exact) mass is 258 g/mol. The van der Waals surface area contributed by atoms with Crippen LogP contribution < -0.4 is 0 Å². The molecule has 0 heterocycles. The summed E-state index contributed by atoms with van der Waals surface area (Å²) in [7, 11) is 0. The molecule has 0 spiro atoms. The minimum atomic E-state index is -0.566. The predicted molar refractivity (Wildman–Crippen MR) is 71.4 cm³/mol. The number of hydrogen-bond donors (Lipinski definition) is 2. The van der Waals surface area contributed by atoms with Crippen LogP contribution in [0, 0.1) is 5.82 Å². The van der Waals surface area contributed by atoms with Crippen LogP contribution in [-0.2, 0) is 0 Å². The standard InChI is InChI=1S/C14H11FN2O2/c15-14-7-13(19)6-3-11(14)9-17-16-8-10-1-4-12(18)5-2-10/h1-9,18-19H/b16-8+,17-9+. The van der Waals surface area contributed by atoms with E-state index in [-0.39, 0.29) is 17.1 Å². The molecule has 0 aromatic heterocycles. The average Bonchev–Trinajstić information content (AvgIpc) is 2.39. The summed E-state index contributed by atoms with van der Waals surface area (Å²) in [4.78, 5) is 0. The fourth-order valence-electron chi connectivity index (χ4n) is 1.38. The van der Waals surface area contributed by atoms with E-state index in [2.05, 4.69) is 10.2 Å². The Morgan fingerprint density at radius 1 is 0.842 bits per heavy atom. The third kappa shape index (κ3) is 3.64. The third-order valence-corrected chi connectivity index (χ3v) is 2.35. The van der Waals surface area contributed by atoms with Gasteiger partial charge in [-0.2, -0.15) is 10.2 Å². The Balaban J connectivity index is 2.05. The summed E-state index contributed by atoms with van der Waals surface area (Å²) < 4.78 is 13.3. The number of nitrogens with zero attached hydrogens (tertiary/aromatic N) is 2. The van der Waals surface area contributed by atoms with Gasteiger partial charge in [0, 0.05) is 11.6 Å². The van der Waals surface area contributed by atoms with Crippen molar-refractivity contribution < 1.29 is 14.6 Å². The first kappa shape index (κ1) is 12.8. The Morgan fingerprint density at radius 2 is 1.47 bits per heavy atom. The van der Waals surface area contributed by atoms with Gasteiger partial charge in [0.15, 0.2) is 0 Å². The fourth-order valence-corrected chi connectivity index (χ4v) is 1.38. The number of rotatable bonds is 3. The molecule has 0 unspecified atom stereocenters. The van der Waals surface area contributed by atoms with Gasteiger partial charge < -0.3 is 10.2 Å². The maximum absolute atomic E-state index is 13.3. The van der Waals surface area contributed by atoms with E-state index in [1.807, 2.05) is 0 Å². The lowest BCUT2D eigenvalue weighted by Crippen LogP contribution is -1.86. The van der Waals surface area contributed by atoms with Gasteiger partial charge in [0.25, 0.3) is 0 Å². The van der Waals surface area contributed by atoms with Crippen LogP contribution >= 0.6 is 0 Å². The molecular weight excluding hydrogens is 247 g/mol. The Morgan fingerprint density at radius 3 is 2.16 bits per heavy atom. The number of hydrogen-bond acceptors (Lipinski definition) is 4. The van der Waals surface area contributed by atoms with E-state index in [0.29, 0.717) is 0 Å². The highest BCUT2D eigenvalue weighted by molar-refractivity contribution is 5.83. The smallest absolute Gasteiger partial charge is 0.135 e. The van der Waals surface area contributed by atoms with Gasteiger partial charge in [-0.05, 0) is 42.0 Å². The first-order valence-corrected chi connectivity index (χ1v) is 5.49. The van der Waals surface area contributed by atoms with E-state index in [9.17, 15) is 4.39 Å². The van der Waals surface area contributed by atoms with E-state index < -0.39 is 5.82 Å². The van der Waals surface area contributed by atoms with Gasteiger partial charge in [-0.1, -0.05) is 0 Å². The second-order valence-corrected chi connectivity index (χ2v) is 3.79. The van der Waals surface area contributed by atoms with Gasteiger partial charge in [-0.3, -0.25) is 0 Å². The summed E-state index contributed by atoms with van der Waals surface area (Å²) in [6, 6.07) is 10.2. The van der Waals surface area contributed by atoms with Crippen LogP contribution in [0.3, 0.4) is 0 Å². The van der Waals surface area contributed by atoms with E-state index in [4.69, 9.17) is 10.2 Å². The molecule has 0 bridgehead atoms. The molecule has 4 nitrogen and oxygen atoms in total. The van der Waals surface area contributed by atoms with Crippen molar-refractivity contribution in [3.8, 4) is 11.5 Å². The number of aromatic hydroxyl groups is 2. The van der Waals surface area contributed by atoms with Crippen molar-refractivity contribution in [1.29, 1.82) is 0 Å². The Labute approximate surface area is 109 Å². The molecular formula is C14H11FN2O2. The van der Waals surface area contributed by atoms with Crippen molar-refractivity contribution in [2.75, 3.05) is 0 Å². The second-order valence-electron chi connectivity index (χ2n) is 3.79. The van der Waals surface area contributed by atoms with Crippen LogP contribution in [-0.4, -0.2) is 22.6 Å². The van der Waals surface area contributed by atoms with Gasteiger partial charge in [0.1, 0.15) is 17.3 Å². The molecule has 0 radical (unpaired) electrons. The van der Waals surface area contributed by atoms with Gasteiger partial charge in [-0.15, -0.1) is 0 Å². The Hall–Kier alpha value is -2.69. The summed E-state index contributed by atoms with van der Waals surface area (Å²) in [6.45, 7) is 0. The number of phenolic OH excluding ortho intramolecular Hbond substituents is 2. The normalized spacial score (nSPS) is 11.4. The molecule has 2 aromatic carbocycles. The van der Waals surface area contributed by atoms with Crippen molar-refractivity contribution in [2.24, 2.45) is 10.2 Å². The fraction of sp³-hybridized carbons (Fsp3) is 0. The maximum atomic E-state index is 13.3. The molecule has 0 atom stereocenters. The van der Waals surface area contributed by atoms with E-state index in [0.717, 1.165) is 11.6 Å². The van der Waals surface area contributed by atoms with Crippen LogP contribution in [0.25, 0.3) is 0 Å². The quantitative estimate of drug-likeness (QED) is 0.656. The van der Waals surface area contributed by atoms with Crippen LogP contribution in [0.15, 0.2) is 52.7 Å². The van der Waals surface area contributed by atoms with Crippen molar-refractivity contribution in [3.63, 3.8) is 0 Å². The zero-order valence-electron chi connectivity index (χ0n) is 9.86. The minimum absolute atomic E-state index is 0.137. The molecule has 96 valence electrons. The van der Waals surface area contributed by atoms with Crippen molar-refractivity contribution >= 4 is 12.4 Å². The summed E-state index contributed by atoms with van der Waals surface area (Å²) in [6.07, 6.45) is 2.74. The topological polar surface area (TPSA) is 65.2 Å². The first-order valence-electron chi connectivity index (χ1n) is 5.49. The molecule has 0 fully saturated rings. The third-order valence-electron chi connectivity index (χ3n) is 2.35. The molecule has 0 amide bonds. The Bertz CT molecular complexity index is 622. The largest absolute Gasteiger partial charge is 0.508 e. The Kier molecular flexibility index (Phi) is 3.87. The van der Waals surface area contributed by atoms with Crippen LogP contribution in [0.2, 0.25) is 0 Å². The number of halogens is 1. The highest BCUT2D eigenvalue weighted by Gasteiger charge is 1.99. The molecule has 19 heavy (non-hydrogen) atoms. The molecule has 0 aliphatic rings. The number of phenols is 2. The molecule has 0 aliphatic carbocycles. The summed E-state index contributed by atoms with van der Waals surface area (Å²) >= 11 is 0. The van der Waals surface area contributed by atoms with E-state index in [1.54, 1.807) is 12.1 Å². The maximum Gasteiger partial charge on any atom is 0.135 e. The highest BCUT2D eigenvalue weighted by Crippen LogP contribution is 2.13. The molecule has 0 saturated heterocycles. The number of benzene rings is 2. The van der Waals surface area contributed by atoms with Crippen molar-refractivity contribution in [1.82, 2.24) is 0 Å². The van der Waals surface area contributed by atoms with E-state index >= 15 is 0 Å². The predicted octanol–water partition coefficient (Wildman–Crippen LogP) is 2.69. The lowest BCUT2D eigenvalue weighted by atomic mass is 10.2. The van der Waals surface area contributed by atoms with Crippen LogP contribution in [0.1, 0.15) is 11.1 Å². The molecule has 0 saturated carbocycles. The SMILES string of the molecule is Oc1ccc(/C=N/N=C/c2ccc(O)cc2F)cc1. The molecule has 5 heteroatoms. The minimum Gasteiger partial charge on any atom is -0.508 e. The highest BCUT2D eigenvalue weighted by atomic mass is 19.1. The second kappa shape index (κ2) is 5.77. The van der Waals surface area contributed by atoms with Crippen LogP contribution in [0.4, 0.5) is 4.39 Å². The van der Waals surface area contributed by atoms with Gasteiger partial charge in [0.05, 0.1) is 12.4 Å². The van der Waals surface area contributed by atoms with Gasteiger partial charge in [-0.25, -0.2) is 4.39 Å². The molecule has 2 aromatic rings. The van der Waals surface area contributed by atoms with Gasteiger partial charge >= 0.3 is 0 Å². The van der Waals surface area contributed by atoms with Crippen molar-refractivity contribution in [3.05, 3.63) is 59.4 Å². The lowest BCUT2D eigenvalue weighted by Gasteiger charge is -1.95. The molecule has 0 aliphatic heterocycles. The average molecular weight is 258 g/mol. The lowest BCUT2D eigenvalue weighted by molar-refractivity contribution is 0.469. The summed E-state index contributed by atoms with van der Waals surface area (Å²) in [5.41, 5.74) is 1.00. The van der Waals surface area contributed by atoms with E-state index in [1.165, 1.54) is 36.7 Å². The molecule has 2 N–H and O–H groups in total. The zero-order valence-corrected chi connectivity index (χ0v) is 9.86. The zero-order chi connectivity index (χ0) is 13.7. The van der Waals surface area contributed by atoms with Crippen molar-refractivity contribution in [2.45, 2.75) is 0 Å². The first-order chi connectivity index (χ1) is 9.15. The molecule has 2 rings (SSSR count). The summed E-state index contributed by atoms with van der Waals surface area (Å²) in [5, 5.41) is 25.6. The van der Waals surface area contributed by atoms with Crippen LogP contribution in [0.5, 0.6) is 11.5 Å².